The quantitative estimate of drug-likeness (QED) is 0.853. The van der Waals surface area contributed by atoms with Crippen LogP contribution in [-0.4, -0.2) is 19.6 Å². The van der Waals surface area contributed by atoms with E-state index in [1.165, 1.54) is 0 Å². The first-order valence-corrected chi connectivity index (χ1v) is 6.99. The summed E-state index contributed by atoms with van der Waals surface area (Å²) >= 11 is 5.81. The van der Waals surface area contributed by atoms with Crippen LogP contribution in [0.4, 0.5) is 11.4 Å². The van der Waals surface area contributed by atoms with Gasteiger partial charge in [-0.05, 0) is 36.4 Å². The molecule has 2 rings (SSSR count). The fraction of sp³-hybridized carbons (Fsp3) is 0.188. The van der Waals surface area contributed by atoms with E-state index in [-0.39, 0.29) is 5.91 Å². The number of anilines is 2. The van der Waals surface area contributed by atoms with Gasteiger partial charge in [0.05, 0.1) is 12.8 Å². The SMILES string of the molecule is COc1ccccc1NC(=O)CCNc1ccc(Cl)cc1. The average Bonchev–Trinajstić information content (AvgIpc) is 2.50. The standard InChI is InChI=1S/C16H17ClN2O2/c1-21-15-5-3-2-4-14(15)19-16(20)10-11-18-13-8-6-12(17)7-9-13/h2-9,18H,10-11H2,1H3,(H,19,20). The number of hydrogen-bond donors (Lipinski definition) is 2. The van der Waals surface area contributed by atoms with Crippen LogP contribution in [-0.2, 0) is 4.79 Å². The van der Waals surface area contributed by atoms with Gasteiger partial charge in [-0.25, -0.2) is 0 Å². The number of carbonyl (C=O) groups excluding carboxylic acids is 1. The van der Waals surface area contributed by atoms with Crippen LogP contribution in [0.3, 0.4) is 0 Å². The molecule has 0 saturated carbocycles. The van der Waals surface area contributed by atoms with Crippen molar-refractivity contribution in [1.29, 1.82) is 0 Å². The smallest absolute Gasteiger partial charge is 0.226 e. The zero-order chi connectivity index (χ0) is 15.1. The summed E-state index contributed by atoms with van der Waals surface area (Å²) in [5, 5.41) is 6.69. The molecule has 21 heavy (non-hydrogen) atoms. The number of methoxy groups -OCH3 is 1. The van der Waals surface area contributed by atoms with Gasteiger partial charge in [-0.2, -0.15) is 0 Å². The molecule has 2 aromatic rings. The molecule has 0 fully saturated rings. The van der Waals surface area contributed by atoms with Crippen molar-refractivity contribution < 1.29 is 9.53 Å². The van der Waals surface area contributed by atoms with E-state index < -0.39 is 0 Å². The fourth-order valence-electron chi connectivity index (χ4n) is 1.85. The van der Waals surface area contributed by atoms with Crippen molar-refractivity contribution in [3.63, 3.8) is 0 Å². The van der Waals surface area contributed by atoms with Gasteiger partial charge < -0.3 is 15.4 Å². The van der Waals surface area contributed by atoms with Crippen LogP contribution in [0, 0.1) is 0 Å². The molecule has 2 aromatic carbocycles. The lowest BCUT2D eigenvalue weighted by Gasteiger charge is -2.10. The third-order valence-electron chi connectivity index (χ3n) is 2.91. The normalized spacial score (nSPS) is 10.0. The van der Waals surface area contributed by atoms with Gasteiger partial charge in [0.25, 0.3) is 0 Å². The summed E-state index contributed by atoms with van der Waals surface area (Å²) in [5.74, 6) is 0.581. The zero-order valence-corrected chi connectivity index (χ0v) is 12.5. The highest BCUT2D eigenvalue weighted by Crippen LogP contribution is 2.23. The van der Waals surface area contributed by atoms with Crippen molar-refractivity contribution >= 4 is 28.9 Å². The third kappa shape index (κ3) is 4.68. The lowest BCUT2D eigenvalue weighted by atomic mass is 10.2. The maximum Gasteiger partial charge on any atom is 0.226 e. The highest BCUT2D eigenvalue weighted by molar-refractivity contribution is 6.30. The predicted octanol–water partition coefficient (Wildman–Crippen LogP) is 3.79. The molecule has 0 atom stereocenters. The van der Waals surface area contributed by atoms with Crippen LogP contribution < -0.4 is 15.4 Å². The molecule has 0 saturated heterocycles. The van der Waals surface area contributed by atoms with Gasteiger partial charge in [0.15, 0.2) is 0 Å². The van der Waals surface area contributed by atoms with Crippen molar-refractivity contribution in [3.05, 3.63) is 53.6 Å². The summed E-state index contributed by atoms with van der Waals surface area (Å²) in [6, 6.07) is 14.7. The third-order valence-corrected chi connectivity index (χ3v) is 3.16. The molecule has 0 bridgehead atoms. The second kappa shape index (κ2) is 7.55. The first-order chi connectivity index (χ1) is 10.2. The predicted molar refractivity (Wildman–Crippen MR) is 86.2 cm³/mol. The molecule has 0 spiro atoms. The summed E-state index contributed by atoms with van der Waals surface area (Å²) in [6.07, 6.45) is 0.362. The van der Waals surface area contributed by atoms with E-state index in [1.807, 2.05) is 36.4 Å². The summed E-state index contributed by atoms with van der Waals surface area (Å²) in [4.78, 5) is 11.9. The highest BCUT2D eigenvalue weighted by Gasteiger charge is 2.06. The van der Waals surface area contributed by atoms with Crippen molar-refractivity contribution in [2.75, 3.05) is 24.3 Å². The molecule has 5 heteroatoms. The van der Waals surface area contributed by atoms with E-state index in [2.05, 4.69) is 10.6 Å². The van der Waals surface area contributed by atoms with Crippen LogP contribution in [0.25, 0.3) is 0 Å². The van der Waals surface area contributed by atoms with E-state index in [4.69, 9.17) is 16.3 Å². The Hall–Kier alpha value is -2.20. The van der Waals surface area contributed by atoms with Crippen molar-refractivity contribution in [2.24, 2.45) is 0 Å². The first-order valence-electron chi connectivity index (χ1n) is 6.61. The molecule has 1 amide bonds. The Morgan fingerprint density at radius 1 is 1.14 bits per heavy atom. The Kier molecular flexibility index (Phi) is 5.46. The number of hydrogen-bond acceptors (Lipinski definition) is 3. The minimum Gasteiger partial charge on any atom is -0.495 e. The van der Waals surface area contributed by atoms with Gasteiger partial charge in [-0.1, -0.05) is 23.7 Å². The van der Waals surface area contributed by atoms with Crippen molar-refractivity contribution in [3.8, 4) is 5.75 Å². The molecule has 0 heterocycles. The molecule has 0 radical (unpaired) electrons. The van der Waals surface area contributed by atoms with Crippen LogP contribution in [0.15, 0.2) is 48.5 Å². The second-order valence-corrected chi connectivity index (χ2v) is 4.87. The number of carbonyl (C=O) groups is 1. The molecule has 4 nitrogen and oxygen atoms in total. The fourth-order valence-corrected chi connectivity index (χ4v) is 1.97. The van der Waals surface area contributed by atoms with Gasteiger partial charge >= 0.3 is 0 Å². The Morgan fingerprint density at radius 2 is 1.86 bits per heavy atom. The summed E-state index contributed by atoms with van der Waals surface area (Å²) in [5.41, 5.74) is 1.61. The maximum absolute atomic E-state index is 11.9. The molecule has 0 aliphatic rings. The van der Waals surface area contributed by atoms with Crippen molar-refractivity contribution in [1.82, 2.24) is 0 Å². The van der Waals surface area contributed by atoms with Crippen LogP contribution in [0.1, 0.15) is 6.42 Å². The monoisotopic (exact) mass is 304 g/mol. The Morgan fingerprint density at radius 3 is 2.57 bits per heavy atom. The van der Waals surface area contributed by atoms with E-state index >= 15 is 0 Å². The molecule has 0 unspecified atom stereocenters. The van der Waals surface area contributed by atoms with Crippen LogP contribution in [0.5, 0.6) is 5.75 Å². The molecular formula is C16H17ClN2O2. The summed E-state index contributed by atoms with van der Waals surface area (Å²) in [6.45, 7) is 0.544. The topological polar surface area (TPSA) is 50.4 Å². The lowest BCUT2D eigenvalue weighted by Crippen LogP contribution is -2.16. The lowest BCUT2D eigenvalue weighted by molar-refractivity contribution is -0.115. The van der Waals surface area contributed by atoms with Gasteiger partial charge in [-0.3, -0.25) is 4.79 Å². The molecule has 0 aliphatic heterocycles. The number of para-hydroxylation sites is 2. The van der Waals surface area contributed by atoms with E-state index in [0.717, 1.165) is 5.69 Å². The Labute approximate surface area is 129 Å². The molecular weight excluding hydrogens is 288 g/mol. The highest BCUT2D eigenvalue weighted by atomic mass is 35.5. The second-order valence-electron chi connectivity index (χ2n) is 4.43. The molecule has 110 valence electrons. The molecule has 0 aliphatic carbocycles. The Balaban J connectivity index is 1.81. The minimum atomic E-state index is -0.0686. The number of benzene rings is 2. The summed E-state index contributed by atoms with van der Waals surface area (Å²) in [7, 11) is 1.58. The Bertz CT molecular complexity index is 599. The first kappa shape index (κ1) is 15.2. The van der Waals surface area contributed by atoms with E-state index in [9.17, 15) is 4.79 Å². The maximum atomic E-state index is 11.9. The average molecular weight is 305 g/mol. The van der Waals surface area contributed by atoms with E-state index in [1.54, 1.807) is 19.2 Å². The zero-order valence-electron chi connectivity index (χ0n) is 11.7. The van der Waals surface area contributed by atoms with Gasteiger partial charge in [0.1, 0.15) is 5.75 Å². The largest absolute Gasteiger partial charge is 0.495 e. The molecule has 0 aromatic heterocycles. The number of rotatable bonds is 6. The van der Waals surface area contributed by atoms with Gasteiger partial charge in [0.2, 0.25) is 5.91 Å². The van der Waals surface area contributed by atoms with Crippen LogP contribution in [0.2, 0.25) is 5.02 Å². The number of amides is 1. The number of ether oxygens (including phenoxy) is 1. The van der Waals surface area contributed by atoms with Crippen LogP contribution >= 0.6 is 11.6 Å². The minimum absolute atomic E-state index is 0.0686. The van der Waals surface area contributed by atoms with E-state index in [0.29, 0.717) is 29.4 Å². The number of nitrogens with one attached hydrogen (secondary N) is 2. The summed E-state index contributed by atoms with van der Waals surface area (Å²) < 4.78 is 5.19. The molecule has 2 N–H and O–H groups in total. The van der Waals surface area contributed by atoms with Gasteiger partial charge in [0, 0.05) is 23.7 Å². The van der Waals surface area contributed by atoms with Gasteiger partial charge in [-0.15, -0.1) is 0 Å². The number of halogens is 1. The van der Waals surface area contributed by atoms with Crippen molar-refractivity contribution in [2.45, 2.75) is 6.42 Å².